The van der Waals surface area contributed by atoms with Crippen molar-refractivity contribution in [3.63, 3.8) is 0 Å². The van der Waals surface area contributed by atoms with Crippen LogP contribution in [-0.4, -0.2) is 36.1 Å². The van der Waals surface area contributed by atoms with Crippen molar-refractivity contribution in [1.82, 2.24) is 4.90 Å². The molecule has 0 saturated carbocycles. The van der Waals surface area contributed by atoms with E-state index in [-0.39, 0.29) is 5.91 Å². The van der Waals surface area contributed by atoms with Gasteiger partial charge in [0.1, 0.15) is 4.91 Å². The van der Waals surface area contributed by atoms with E-state index in [9.17, 15) is 10.1 Å². The summed E-state index contributed by atoms with van der Waals surface area (Å²) in [5.41, 5.74) is 4.95. The number of thioether (sulfide) groups is 2. The lowest BCUT2D eigenvalue weighted by molar-refractivity contribution is -0.122. The topological polar surface area (TPSA) is 108 Å². The summed E-state index contributed by atoms with van der Waals surface area (Å²) in [6, 6.07) is 25.8. The third-order valence-corrected chi connectivity index (χ3v) is 8.99. The number of unbranched alkanes of at least 4 members (excludes halogenated alkanes) is 1. The number of carbonyl (C=O) groups is 1. The zero-order valence-corrected chi connectivity index (χ0v) is 24.5. The van der Waals surface area contributed by atoms with Gasteiger partial charge in [0.05, 0.1) is 46.3 Å². The van der Waals surface area contributed by atoms with E-state index >= 15 is 0 Å². The highest BCUT2D eigenvalue weighted by atomic mass is 32.2. The first-order valence-electron chi connectivity index (χ1n) is 13.3. The van der Waals surface area contributed by atoms with Crippen molar-refractivity contribution >= 4 is 57.3 Å². The van der Waals surface area contributed by atoms with Crippen molar-refractivity contribution in [1.29, 1.82) is 10.5 Å². The van der Waals surface area contributed by atoms with Crippen LogP contribution in [0.5, 0.6) is 0 Å². The first-order chi connectivity index (χ1) is 20.0. The summed E-state index contributed by atoms with van der Waals surface area (Å²) in [6.07, 6.45) is 1.30. The van der Waals surface area contributed by atoms with Gasteiger partial charge in [0.15, 0.2) is 5.17 Å². The number of nitrogens with zero attached hydrogens (tertiary/aromatic N) is 5. The Hall–Kier alpha value is -4.38. The van der Waals surface area contributed by atoms with Crippen molar-refractivity contribution in [2.45, 2.75) is 31.2 Å². The number of amidine groups is 1. The quantitative estimate of drug-likeness (QED) is 0.209. The van der Waals surface area contributed by atoms with E-state index in [2.05, 4.69) is 39.8 Å². The first-order valence-corrected chi connectivity index (χ1v) is 15.0. The Balaban J connectivity index is 1.50. The van der Waals surface area contributed by atoms with Crippen LogP contribution >= 0.6 is 23.5 Å². The van der Waals surface area contributed by atoms with Gasteiger partial charge >= 0.3 is 0 Å². The second-order valence-corrected chi connectivity index (χ2v) is 11.4. The maximum atomic E-state index is 14.0. The zero-order chi connectivity index (χ0) is 28.8. The summed E-state index contributed by atoms with van der Waals surface area (Å²) in [6.45, 7) is 3.82. The van der Waals surface area contributed by atoms with E-state index in [1.165, 1.54) is 11.8 Å². The molecule has 0 aliphatic carbocycles. The molecular weight excluding hydrogens is 551 g/mol. The van der Waals surface area contributed by atoms with E-state index in [0.29, 0.717) is 40.8 Å². The molecule has 8 nitrogen and oxygen atoms in total. The maximum absolute atomic E-state index is 14.0. The molecule has 1 saturated heterocycles. The number of amides is 1. The van der Waals surface area contributed by atoms with Crippen molar-refractivity contribution in [2.75, 3.05) is 35.7 Å². The number of anilines is 3. The molecule has 206 valence electrons. The van der Waals surface area contributed by atoms with Gasteiger partial charge in [-0.2, -0.15) is 10.5 Å². The smallest absolute Gasteiger partial charge is 0.269 e. The molecule has 5 rings (SSSR count). The number of carbonyl (C=O) groups excluding carboxylic acids is 1. The number of nitriles is 2. The largest absolute Gasteiger partial charge is 0.385 e. The lowest BCUT2D eigenvalue weighted by Gasteiger charge is -2.17. The third-order valence-electron chi connectivity index (χ3n) is 6.58. The molecule has 2 N–H and O–H groups in total. The molecule has 3 aromatic rings. The number of fused-ring (bicyclic) bond motifs is 1. The van der Waals surface area contributed by atoms with Gasteiger partial charge in [-0.15, -0.1) is 0 Å². The standard InChI is InChI=1S/C31H29N7OS2/c1-3-34-24-13-11-22(19-33)17-25(24)36-31-38(20-21-9-5-4-6-10-21)29(39)28(41-31)30-37(2)26-14-12-23(18-27(26)40-30)35-16-8-7-15-32/h4-6,9-14,17-18,34-35H,3,7-8,16,20H2,1-2H3/b30-28-,36-31+. The number of rotatable bonds is 9. The highest BCUT2D eigenvalue weighted by molar-refractivity contribution is 8.19. The number of hydrogen-bond acceptors (Lipinski definition) is 9. The van der Waals surface area contributed by atoms with Gasteiger partial charge < -0.3 is 15.5 Å². The molecule has 1 amide bonds. The molecular formula is C31H29N7OS2. The minimum Gasteiger partial charge on any atom is -0.385 e. The maximum Gasteiger partial charge on any atom is 0.269 e. The monoisotopic (exact) mass is 579 g/mol. The zero-order valence-electron chi connectivity index (χ0n) is 22.8. The predicted molar refractivity (Wildman–Crippen MR) is 168 cm³/mol. The van der Waals surface area contributed by atoms with Crippen molar-refractivity contribution in [3.8, 4) is 12.1 Å². The highest BCUT2D eigenvalue weighted by Gasteiger charge is 2.39. The highest BCUT2D eigenvalue weighted by Crippen LogP contribution is 2.51. The summed E-state index contributed by atoms with van der Waals surface area (Å²) in [7, 11) is 1.98. The van der Waals surface area contributed by atoms with Crippen molar-refractivity contribution in [3.05, 3.63) is 87.8 Å². The van der Waals surface area contributed by atoms with Gasteiger partial charge in [0, 0.05) is 37.1 Å². The summed E-state index contributed by atoms with van der Waals surface area (Å²) >= 11 is 2.93. The van der Waals surface area contributed by atoms with Crippen LogP contribution in [0.4, 0.5) is 22.7 Å². The second-order valence-electron chi connectivity index (χ2n) is 9.41. The molecule has 3 aromatic carbocycles. The Bertz CT molecular complexity index is 1600. The molecule has 2 aliphatic rings. The summed E-state index contributed by atoms with van der Waals surface area (Å²) in [5, 5.41) is 26.4. The number of aliphatic imine (C=N–C) groups is 1. The van der Waals surface area contributed by atoms with E-state index in [0.717, 1.165) is 45.5 Å². The Labute approximate surface area is 248 Å². The van der Waals surface area contributed by atoms with Gasteiger partial charge in [-0.05, 0) is 67.1 Å². The van der Waals surface area contributed by atoms with Gasteiger partial charge in [-0.1, -0.05) is 42.1 Å². The normalized spacial score (nSPS) is 17.0. The SMILES string of the molecule is CCNc1ccc(C#N)cc1/N=C1/S/C(=C2\Sc3cc(NCCCC#N)ccc3N2C)C(=O)N1Cc1ccccc1. The Morgan fingerprint density at radius 1 is 1.00 bits per heavy atom. The van der Waals surface area contributed by atoms with Crippen LogP contribution in [0.2, 0.25) is 0 Å². The average Bonchev–Trinajstić information content (AvgIpc) is 3.47. The molecule has 1 fully saturated rings. The molecule has 0 atom stereocenters. The molecule has 0 unspecified atom stereocenters. The molecule has 0 spiro atoms. The molecule has 0 aromatic heterocycles. The molecule has 0 bridgehead atoms. The molecule has 0 radical (unpaired) electrons. The van der Waals surface area contributed by atoms with Crippen LogP contribution in [0.1, 0.15) is 30.9 Å². The molecule has 2 heterocycles. The first kappa shape index (κ1) is 28.2. The fourth-order valence-corrected chi connectivity index (χ4v) is 6.90. The van der Waals surface area contributed by atoms with E-state index < -0.39 is 0 Å². The fourth-order valence-electron chi connectivity index (χ4n) is 4.52. The van der Waals surface area contributed by atoms with Gasteiger partial charge in [-0.3, -0.25) is 9.69 Å². The Morgan fingerprint density at radius 2 is 1.83 bits per heavy atom. The summed E-state index contributed by atoms with van der Waals surface area (Å²) in [5.74, 6) is -0.101. The lowest BCUT2D eigenvalue weighted by atomic mass is 10.2. The van der Waals surface area contributed by atoms with Crippen molar-refractivity contribution < 1.29 is 4.79 Å². The minimum absolute atomic E-state index is 0.101. The van der Waals surface area contributed by atoms with Crippen LogP contribution in [0.25, 0.3) is 0 Å². The summed E-state index contributed by atoms with van der Waals surface area (Å²) < 4.78 is 0. The summed E-state index contributed by atoms with van der Waals surface area (Å²) in [4.78, 5) is 24.4. The van der Waals surface area contributed by atoms with Gasteiger partial charge in [0.2, 0.25) is 0 Å². The van der Waals surface area contributed by atoms with E-state index in [1.54, 1.807) is 28.8 Å². The number of nitrogens with one attached hydrogen (secondary N) is 2. The van der Waals surface area contributed by atoms with Crippen LogP contribution in [-0.2, 0) is 11.3 Å². The third kappa shape index (κ3) is 6.19. The van der Waals surface area contributed by atoms with Gasteiger partial charge in [-0.25, -0.2) is 4.99 Å². The minimum atomic E-state index is -0.101. The molecule has 10 heteroatoms. The predicted octanol–water partition coefficient (Wildman–Crippen LogP) is 6.88. The van der Waals surface area contributed by atoms with Crippen LogP contribution in [0.15, 0.2) is 86.6 Å². The van der Waals surface area contributed by atoms with E-state index in [4.69, 9.17) is 10.3 Å². The fraction of sp³-hybridized carbons (Fsp3) is 0.226. The Morgan fingerprint density at radius 3 is 2.59 bits per heavy atom. The van der Waals surface area contributed by atoms with Crippen LogP contribution in [0.3, 0.4) is 0 Å². The van der Waals surface area contributed by atoms with Crippen LogP contribution < -0.4 is 15.5 Å². The number of hydrogen-bond donors (Lipinski definition) is 2. The second kappa shape index (κ2) is 12.9. The lowest BCUT2D eigenvalue weighted by Crippen LogP contribution is -2.29. The molecule has 2 aliphatic heterocycles. The van der Waals surface area contributed by atoms with E-state index in [1.807, 2.05) is 56.4 Å². The van der Waals surface area contributed by atoms with Crippen LogP contribution in [0, 0.1) is 22.7 Å². The van der Waals surface area contributed by atoms with Crippen molar-refractivity contribution in [2.24, 2.45) is 4.99 Å². The Kier molecular flexibility index (Phi) is 8.83. The average molecular weight is 580 g/mol. The molecule has 41 heavy (non-hydrogen) atoms. The van der Waals surface area contributed by atoms with Gasteiger partial charge in [0.25, 0.3) is 5.91 Å². The number of benzene rings is 3.